The van der Waals surface area contributed by atoms with Gasteiger partial charge in [-0.1, -0.05) is 24.3 Å². The van der Waals surface area contributed by atoms with E-state index in [1.807, 2.05) is 0 Å². The Morgan fingerprint density at radius 1 is 0.944 bits per heavy atom. The maximum atomic E-state index is 10.6. The second-order valence-corrected chi connectivity index (χ2v) is 4.74. The molecule has 0 unspecified atom stereocenters. The zero-order valence-electron chi connectivity index (χ0n) is 11.0. The summed E-state index contributed by atoms with van der Waals surface area (Å²) < 4.78 is 5.89. The quantitative estimate of drug-likeness (QED) is 0.669. The van der Waals surface area contributed by atoms with E-state index in [1.165, 1.54) is 5.06 Å². The Labute approximate surface area is 110 Å². The monoisotopic (exact) mass is 249 g/mol. The van der Waals surface area contributed by atoms with E-state index in [9.17, 15) is 5.21 Å². The fourth-order valence-corrected chi connectivity index (χ4v) is 2.56. The van der Waals surface area contributed by atoms with E-state index in [2.05, 4.69) is 26.3 Å². The van der Waals surface area contributed by atoms with Crippen LogP contribution >= 0.6 is 0 Å². The van der Waals surface area contributed by atoms with E-state index in [1.54, 1.807) is 24.3 Å². The van der Waals surface area contributed by atoms with Crippen LogP contribution < -0.4 is 0 Å². The lowest BCUT2D eigenvalue weighted by Gasteiger charge is -2.39. The third kappa shape index (κ3) is 2.48. The van der Waals surface area contributed by atoms with Crippen LogP contribution in [0.1, 0.15) is 25.7 Å². The Morgan fingerprint density at radius 3 is 1.78 bits per heavy atom. The average Bonchev–Trinajstić information content (AvgIpc) is 2.58. The summed E-state index contributed by atoms with van der Waals surface area (Å²) in [6.07, 6.45) is 9.49. The summed E-state index contributed by atoms with van der Waals surface area (Å²) in [7, 11) is 0. The highest BCUT2D eigenvalue weighted by molar-refractivity contribution is 5.07. The first kappa shape index (κ1) is 14.9. The number of nitrogens with zero attached hydrogens (tertiary/aromatic N) is 1. The van der Waals surface area contributed by atoms with Gasteiger partial charge in [0.1, 0.15) is 0 Å². The molecule has 3 nitrogen and oxygen atoms in total. The number of ether oxygens (including phenoxy) is 1. The Balaban J connectivity index is 3.05. The number of hydroxylamine groups is 2. The first-order valence-corrected chi connectivity index (χ1v) is 6.17. The van der Waals surface area contributed by atoms with Gasteiger partial charge in [0.25, 0.3) is 0 Å². The Kier molecular flexibility index (Phi) is 5.08. The molecule has 1 rings (SSSR count). The van der Waals surface area contributed by atoms with Crippen molar-refractivity contribution in [2.75, 3.05) is 6.61 Å². The molecule has 0 aromatic carbocycles. The lowest BCUT2D eigenvalue weighted by atomic mass is 9.90. The molecule has 1 fully saturated rings. The molecule has 3 heteroatoms. The van der Waals surface area contributed by atoms with Gasteiger partial charge in [0, 0.05) is 12.8 Å². The van der Waals surface area contributed by atoms with Gasteiger partial charge in [0.15, 0.2) is 5.72 Å². The first-order valence-electron chi connectivity index (χ1n) is 6.17. The molecule has 0 saturated carbocycles. The van der Waals surface area contributed by atoms with Gasteiger partial charge in [0.05, 0.1) is 12.1 Å². The number of hydrogen-bond donors (Lipinski definition) is 1. The van der Waals surface area contributed by atoms with Gasteiger partial charge in [-0.05, 0) is 12.8 Å². The fourth-order valence-electron chi connectivity index (χ4n) is 2.56. The van der Waals surface area contributed by atoms with Crippen molar-refractivity contribution in [1.82, 2.24) is 5.06 Å². The molecule has 0 bridgehead atoms. The first-order chi connectivity index (χ1) is 8.60. The lowest BCUT2D eigenvalue weighted by molar-refractivity contribution is -0.251. The van der Waals surface area contributed by atoms with Crippen LogP contribution in [-0.2, 0) is 4.74 Å². The zero-order chi connectivity index (χ0) is 13.6. The van der Waals surface area contributed by atoms with Crippen molar-refractivity contribution >= 4 is 0 Å². The summed E-state index contributed by atoms with van der Waals surface area (Å²) in [6.45, 7) is 15.4. The summed E-state index contributed by atoms with van der Waals surface area (Å²) in [4.78, 5) is 0. The molecule has 0 spiro atoms. The van der Waals surface area contributed by atoms with Crippen molar-refractivity contribution in [2.24, 2.45) is 0 Å². The van der Waals surface area contributed by atoms with E-state index >= 15 is 0 Å². The predicted octanol–water partition coefficient (Wildman–Crippen LogP) is 3.45. The molecule has 18 heavy (non-hydrogen) atoms. The second-order valence-electron chi connectivity index (χ2n) is 4.74. The number of hydrogen-bond acceptors (Lipinski definition) is 3. The van der Waals surface area contributed by atoms with E-state index in [0.29, 0.717) is 32.3 Å². The van der Waals surface area contributed by atoms with Gasteiger partial charge in [-0.2, -0.15) is 5.06 Å². The third-order valence-electron chi connectivity index (χ3n) is 3.42. The molecule has 1 saturated heterocycles. The Hall–Kier alpha value is -1.16. The summed E-state index contributed by atoms with van der Waals surface area (Å²) in [5, 5.41) is 11.9. The van der Waals surface area contributed by atoms with E-state index < -0.39 is 11.3 Å². The molecule has 1 heterocycles. The minimum absolute atomic E-state index is 0.448. The van der Waals surface area contributed by atoms with Crippen LogP contribution in [0.25, 0.3) is 0 Å². The van der Waals surface area contributed by atoms with Gasteiger partial charge in [-0.3, -0.25) is 0 Å². The van der Waals surface area contributed by atoms with Crippen LogP contribution in [0.3, 0.4) is 0 Å². The van der Waals surface area contributed by atoms with Crippen LogP contribution in [0.2, 0.25) is 0 Å². The molecule has 1 N–H and O–H groups in total. The Morgan fingerprint density at radius 2 is 1.39 bits per heavy atom. The van der Waals surface area contributed by atoms with Crippen molar-refractivity contribution in [2.45, 2.75) is 36.9 Å². The second kappa shape index (κ2) is 6.14. The molecular weight excluding hydrogens is 226 g/mol. The van der Waals surface area contributed by atoms with Crippen LogP contribution in [0.4, 0.5) is 0 Å². The van der Waals surface area contributed by atoms with Crippen molar-refractivity contribution < 1.29 is 9.94 Å². The largest absolute Gasteiger partial charge is 0.356 e. The zero-order valence-corrected chi connectivity index (χ0v) is 11.0. The van der Waals surface area contributed by atoms with Crippen LogP contribution in [0.5, 0.6) is 0 Å². The van der Waals surface area contributed by atoms with Gasteiger partial charge in [-0.15, -0.1) is 26.3 Å². The van der Waals surface area contributed by atoms with Gasteiger partial charge >= 0.3 is 0 Å². The standard InChI is InChI=1S/C15H23NO2/c1-5-9-14(10-6-2)13-18-15(11-7-3,12-8-4)16(14)17/h5-8,17H,1-4,9-13H2. The molecular formula is C15H23NO2. The maximum absolute atomic E-state index is 10.6. The molecule has 0 amide bonds. The molecule has 0 aromatic rings. The lowest BCUT2D eigenvalue weighted by Crippen LogP contribution is -2.52. The topological polar surface area (TPSA) is 32.7 Å². The predicted molar refractivity (Wildman–Crippen MR) is 74.3 cm³/mol. The Bertz CT molecular complexity index is 283. The van der Waals surface area contributed by atoms with Gasteiger partial charge < -0.3 is 9.94 Å². The smallest absolute Gasteiger partial charge is 0.151 e. The average molecular weight is 249 g/mol. The summed E-state index contributed by atoms with van der Waals surface area (Å²) >= 11 is 0. The van der Waals surface area contributed by atoms with Crippen LogP contribution in [0.15, 0.2) is 50.6 Å². The molecule has 1 aliphatic rings. The fraction of sp³-hybridized carbons (Fsp3) is 0.467. The minimum atomic E-state index is -0.754. The highest BCUT2D eigenvalue weighted by Gasteiger charge is 2.53. The minimum Gasteiger partial charge on any atom is -0.356 e. The number of rotatable bonds is 8. The molecule has 0 radical (unpaired) electrons. The van der Waals surface area contributed by atoms with Crippen LogP contribution in [-0.4, -0.2) is 28.1 Å². The van der Waals surface area contributed by atoms with Crippen molar-refractivity contribution in [3.8, 4) is 0 Å². The van der Waals surface area contributed by atoms with Gasteiger partial charge in [-0.25, -0.2) is 0 Å². The summed E-state index contributed by atoms with van der Waals surface area (Å²) in [5.74, 6) is 0. The van der Waals surface area contributed by atoms with Crippen molar-refractivity contribution in [3.05, 3.63) is 50.6 Å². The summed E-state index contributed by atoms with van der Waals surface area (Å²) in [6, 6.07) is 0. The highest BCUT2D eigenvalue weighted by Crippen LogP contribution is 2.42. The van der Waals surface area contributed by atoms with E-state index in [4.69, 9.17) is 4.74 Å². The molecule has 100 valence electrons. The molecule has 1 aliphatic heterocycles. The van der Waals surface area contributed by atoms with Crippen LogP contribution in [0, 0.1) is 0 Å². The highest BCUT2D eigenvalue weighted by atomic mass is 16.6. The molecule has 0 aliphatic carbocycles. The SMILES string of the molecule is C=CCC1(CC=C)COC(CC=C)(CC=C)N1O. The molecule has 0 atom stereocenters. The van der Waals surface area contributed by atoms with Gasteiger partial charge in [0.2, 0.25) is 0 Å². The van der Waals surface area contributed by atoms with Crippen molar-refractivity contribution in [1.29, 1.82) is 0 Å². The van der Waals surface area contributed by atoms with E-state index in [-0.39, 0.29) is 0 Å². The normalized spacial score (nSPS) is 21.4. The maximum Gasteiger partial charge on any atom is 0.151 e. The third-order valence-corrected chi connectivity index (χ3v) is 3.42. The molecule has 0 aromatic heterocycles. The van der Waals surface area contributed by atoms with E-state index in [0.717, 1.165) is 0 Å². The van der Waals surface area contributed by atoms with Crippen molar-refractivity contribution in [3.63, 3.8) is 0 Å². The summed E-state index contributed by atoms with van der Waals surface area (Å²) in [5.41, 5.74) is -1.23.